The van der Waals surface area contributed by atoms with E-state index in [4.69, 9.17) is 0 Å². The molecule has 0 aliphatic carbocycles. The fourth-order valence-corrected chi connectivity index (χ4v) is 0.758. The van der Waals surface area contributed by atoms with E-state index < -0.39 is 0 Å². The average Bonchev–Trinajstić information content (AvgIpc) is 1.99. The lowest BCUT2D eigenvalue weighted by molar-refractivity contribution is 0.518. The second-order valence-corrected chi connectivity index (χ2v) is 3.15. The zero-order chi connectivity index (χ0) is 7.98. The van der Waals surface area contributed by atoms with Crippen LogP contribution >= 0.6 is 0 Å². The molecule has 0 aromatic carbocycles. The summed E-state index contributed by atoms with van der Waals surface area (Å²) in [7, 11) is 0. The highest BCUT2D eigenvalue weighted by Crippen LogP contribution is 2.14. The van der Waals surface area contributed by atoms with E-state index in [1.54, 1.807) is 0 Å². The van der Waals surface area contributed by atoms with Crippen LogP contribution in [0.25, 0.3) is 0 Å². The SMILES string of the molecule is [CH2]C([CH]CC(C)CC)CC. The summed E-state index contributed by atoms with van der Waals surface area (Å²) in [4.78, 5) is 0. The molecule has 0 fully saturated rings. The van der Waals surface area contributed by atoms with Crippen molar-refractivity contribution in [2.45, 2.75) is 40.0 Å². The van der Waals surface area contributed by atoms with Crippen LogP contribution in [0, 0.1) is 25.2 Å². The van der Waals surface area contributed by atoms with Gasteiger partial charge in [0.1, 0.15) is 0 Å². The largest absolute Gasteiger partial charge is 0.0651 e. The highest BCUT2D eigenvalue weighted by Gasteiger charge is 2.02. The van der Waals surface area contributed by atoms with Crippen molar-refractivity contribution < 1.29 is 0 Å². The van der Waals surface area contributed by atoms with Gasteiger partial charge in [0.15, 0.2) is 0 Å². The summed E-state index contributed by atoms with van der Waals surface area (Å²) in [5, 5.41) is 0. The second kappa shape index (κ2) is 5.76. The Morgan fingerprint density at radius 2 is 1.90 bits per heavy atom. The van der Waals surface area contributed by atoms with Crippen LogP contribution in [0.2, 0.25) is 0 Å². The van der Waals surface area contributed by atoms with Gasteiger partial charge in [0, 0.05) is 0 Å². The lowest BCUT2D eigenvalue weighted by Gasteiger charge is -2.11. The van der Waals surface area contributed by atoms with Crippen molar-refractivity contribution in [3.63, 3.8) is 0 Å². The first-order valence-electron chi connectivity index (χ1n) is 4.37. The summed E-state index contributed by atoms with van der Waals surface area (Å²) in [5.74, 6) is 1.41. The molecule has 0 aromatic heterocycles. The van der Waals surface area contributed by atoms with E-state index in [1.807, 2.05) is 0 Å². The zero-order valence-electron chi connectivity index (χ0n) is 7.56. The molecule has 10 heavy (non-hydrogen) atoms. The van der Waals surface area contributed by atoms with Gasteiger partial charge in [-0.3, -0.25) is 0 Å². The topological polar surface area (TPSA) is 0 Å². The molecule has 0 bridgehead atoms. The summed E-state index contributed by atoms with van der Waals surface area (Å²) in [6.45, 7) is 10.7. The maximum absolute atomic E-state index is 4.01. The van der Waals surface area contributed by atoms with Crippen LogP contribution in [0.5, 0.6) is 0 Å². The van der Waals surface area contributed by atoms with E-state index >= 15 is 0 Å². The van der Waals surface area contributed by atoms with Crippen molar-refractivity contribution in [3.8, 4) is 0 Å². The minimum atomic E-state index is 0.564. The van der Waals surface area contributed by atoms with E-state index in [2.05, 4.69) is 34.1 Å². The van der Waals surface area contributed by atoms with Crippen molar-refractivity contribution in [1.82, 2.24) is 0 Å². The van der Waals surface area contributed by atoms with Gasteiger partial charge in [0.2, 0.25) is 0 Å². The highest BCUT2D eigenvalue weighted by molar-refractivity contribution is 4.78. The van der Waals surface area contributed by atoms with Gasteiger partial charge in [-0.25, -0.2) is 0 Å². The van der Waals surface area contributed by atoms with Gasteiger partial charge in [-0.15, -0.1) is 0 Å². The molecule has 0 spiro atoms. The van der Waals surface area contributed by atoms with Crippen molar-refractivity contribution in [2.75, 3.05) is 0 Å². The van der Waals surface area contributed by atoms with Gasteiger partial charge in [0.05, 0.1) is 0 Å². The molecule has 0 nitrogen and oxygen atoms in total. The lowest BCUT2D eigenvalue weighted by atomic mass is 9.95. The molecular weight excluding hydrogens is 120 g/mol. The molecule has 0 saturated carbocycles. The molecule has 0 rings (SSSR count). The quantitative estimate of drug-likeness (QED) is 0.548. The maximum atomic E-state index is 4.01. The van der Waals surface area contributed by atoms with Crippen LogP contribution in [0.1, 0.15) is 40.0 Å². The molecule has 0 heteroatoms. The van der Waals surface area contributed by atoms with Crippen molar-refractivity contribution in [2.24, 2.45) is 11.8 Å². The Labute approximate surface area is 66.0 Å². The smallest absolute Gasteiger partial charge is 0.0352 e. The third kappa shape index (κ3) is 4.84. The summed E-state index contributed by atoms with van der Waals surface area (Å²) in [5.41, 5.74) is 0. The van der Waals surface area contributed by atoms with E-state index in [1.165, 1.54) is 19.3 Å². The molecule has 0 amide bonds. The first kappa shape index (κ1) is 10.0. The normalized spacial score (nSPS) is 16.8. The van der Waals surface area contributed by atoms with E-state index in [9.17, 15) is 0 Å². The van der Waals surface area contributed by atoms with Crippen LogP contribution in [0.3, 0.4) is 0 Å². The fourth-order valence-electron chi connectivity index (χ4n) is 0.758. The number of hydrogen-bond donors (Lipinski definition) is 0. The molecule has 2 unspecified atom stereocenters. The Bertz CT molecular complexity index is 56.4. The Morgan fingerprint density at radius 3 is 2.30 bits per heavy atom. The zero-order valence-corrected chi connectivity index (χ0v) is 7.56. The molecule has 0 aliphatic rings. The van der Waals surface area contributed by atoms with Crippen molar-refractivity contribution in [3.05, 3.63) is 13.3 Å². The molecule has 60 valence electrons. The van der Waals surface area contributed by atoms with Crippen molar-refractivity contribution in [1.29, 1.82) is 0 Å². The van der Waals surface area contributed by atoms with Gasteiger partial charge in [-0.05, 0) is 31.6 Å². The molecule has 0 heterocycles. The van der Waals surface area contributed by atoms with Gasteiger partial charge in [0.25, 0.3) is 0 Å². The summed E-state index contributed by atoms with van der Waals surface area (Å²) >= 11 is 0. The van der Waals surface area contributed by atoms with E-state index in [0.29, 0.717) is 5.92 Å². The predicted molar refractivity (Wildman–Crippen MR) is 47.5 cm³/mol. The highest BCUT2D eigenvalue weighted by atomic mass is 14.1. The predicted octanol–water partition coefficient (Wildman–Crippen LogP) is 3.49. The number of hydrogen-bond acceptors (Lipinski definition) is 0. The van der Waals surface area contributed by atoms with Gasteiger partial charge in [-0.2, -0.15) is 0 Å². The third-order valence-electron chi connectivity index (χ3n) is 2.09. The standard InChI is InChI=1S/C10H20/c1-5-9(3)7-8-10(4)6-2/h7,9-10H,3,5-6,8H2,1-2,4H3. The lowest BCUT2D eigenvalue weighted by Crippen LogP contribution is -1.99. The molecule has 0 N–H and O–H groups in total. The Kier molecular flexibility index (Phi) is 5.76. The monoisotopic (exact) mass is 140 g/mol. The molecule has 0 saturated heterocycles. The first-order valence-corrected chi connectivity index (χ1v) is 4.37. The summed E-state index contributed by atoms with van der Waals surface area (Å²) in [6, 6.07) is 0. The molecule has 0 aliphatic heterocycles. The van der Waals surface area contributed by atoms with Crippen LogP contribution in [0.15, 0.2) is 0 Å². The molecule has 2 atom stereocenters. The fraction of sp³-hybridized carbons (Fsp3) is 0.800. The summed E-state index contributed by atoms with van der Waals surface area (Å²) in [6.07, 6.45) is 6.04. The van der Waals surface area contributed by atoms with Gasteiger partial charge >= 0.3 is 0 Å². The van der Waals surface area contributed by atoms with Crippen LogP contribution in [-0.2, 0) is 0 Å². The number of rotatable bonds is 5. The Hall–Kier alpha value is 0. The van der Waals surface area contributed by atoms with Crippen LogP contribution in [0.4, 0.5) is 0 Å². The minimum absolute atomic E-state index is 0.564. The summed E-state index contributed by atoms with van der Waals surface area (Å²) < 4.78 is 0. The maximum Gasteiger partial charge on any atom is -0.0352 e. The van der Waals surface area contributed by atoms with Crippen molar-refractivity contribution >= 4 is 0 Å². The first-order chi connectivity index (χ1) is 4.70. The second-order valence-electron chi connectivity index (χ2n) is 3.15. The van der Waals surface area contributed by atoms with Gasteiger partial charge < -0.3 is 0 Å². The third-order valence-corrected chi connectivity index (χ3v) is 2.09. The van der Waals surface area contributed by atoms with Crippen LogP contribution in [-0.4, -0.2) is 0 Å². The minimum Gasteiger partial charge on any atom is -0.0651 e. The molecule has 0 aromatic rings. The molecular formula is C10H20. The van der Waals surface area contributed by atoms with E-state index in [-0.39, 0.29) is 0 Å². The molecule has 2 radical (unpaired) electrons. The van der Waals surface area contributed by atoms with Crippen LogP contribution < -0.4 is 0 Å². The Morgan fingerprint density at radius 1 is 1.30 bits per heavy atom. The van der Waals surface area contributed by atoms with E-state index in [0.717, 1.165) is 5.92 Å². The van der Waals surface area contributed by atoms with Gasteiger partial charge in [-0.1, -0.05) is 33.6 Å². The Balaban J connectivity index is 3.17. The average molecular weight is 140 g/mol.